The van der Waals surface area contributed by atoms with Crippen LogP contribution in [0.1, 0.15) is 43.6 Å². The van der Waals surface area contributed by atoms with Crippen LogP contribution >= 0.6 is 11.3 Å². The fourth-order valence-electron chi connectivity index (χ4n) is 3.54. The van der Waals surface area contributed by atoms with E-state index in [4.69, 9.17) is 0 Å². The van der Waals surface area contributed by atoms with Crippen LogP contribution in [0.2, 0.25) is 0 Å². The Kier molecular flexibility index (Phi) is 6.17. The summed E-state index contributed by atoms with van der Waals surface area (Å²) in [6.07, 6.45) is 3.67. The predicted octanol–water partition coefficient (Wildman–Crippen LogP) is 2.23. The number of fused-ring (bicyclic) bond motifs is 1. The van der Waals surface area contributed by atoms with Crippen molar-refractivity contribution in [1.29, 1.82) is 0 Å². The van der Waals surface area contributed by atoms with Gasteiger partial charge in [-0.1, -0.05) is 13.8 Å². The second kappa shape index (κ2) is 8.43. The lowest BCUT2D eigenvalue weighted by atomic mass is 10.0. The lowest BCUT2D eigenvalue weighted by Crippen LogP contribution is -2.50. The molecular formula is C20H28N4O3S. The predicted molar refractivity (Wildman–Crippen MR) is 111 cm³/mol. The second-order valence-corrected chi connectivity index (χ2v) is 8.98. The zero-order valence-electron chi connectivity index (χ0n) is 16.9. The molecule has 0 aromatic carbocycles. The van der Waals surface area contributed by atoms with Crippen LogP contribution in [-0.4, -0.2) is 45.4 Å². The van der Waals surface area contributed by atoms with E-state index in [0.29, 0.717) is 5.39 Å². The molecule has 8 heteroatoms. The van der Waals surface area contributed by atoms with E-state index in [1.807, 2.05) is 32.6 Å². The maximum Gasteiger partial charge on any atom is 0.262 e. The average Bonchev–Trinajstić information content (AvgIpc) is 3.27. The first-order chi connectivity index (χ1) is 13.3. The van der Waals surface area contributed by atoms with E-state index < -0.39 is 6.04 Å². The second-order valence-electron chi connectivity index (χ2n) is 7.78. The minimum Gasteiger partial charge on any atom is -0.344 e. The summed E-state index contributed by atoms with van der Waals surface area (Å²) in [5.74, 6) is -0.226. The van der Waals surface area contributed by atoms with Crippen molar-refractivity contribution in [2.45, 2.75) is 59.5 Å². The molecule has 1 aliphatic heterocycles. The standard InChI is InChI=1S/C20H28N4O3S/c1-12(2)17(20(27)23-8-5-6-9-23)22-15(25)7-10-24-11-21-18-16(19(24)26)13(3)14(4)28-18/h11-12,17H,5-10H2,1-4H3,(H,22,25)/t17-/m0/s1. The summed E-state index contributed by atoms with van der Waals surface area (Å²) in [6.45, 7) is 9.53. The van der Waals surface area contributed by atoms with Gasteiger partial charge in [0.1, 0.15) is 10.9 Å². The molecule has 1 N–H and O–H groups in total. The van der Waals surface area contributed by atoms with E-state index in [2.05, 4.69) is 10.3 Å². The number of thiophene rings is 1. The number of aromatic nitrogens is 2. The highest BCUT2D eigenvalue weighted by Gasteiger charge is 2.29. The third kappa shape index (κ3) is 4.11. The van der Waals surface area contributed by atoms with Gasteiger partial charge in [0.2, 0.25) is 11.8 Å². The molecule has 0 unspecified atom stereocenters. The Balaban J connectivity index is 1.67. The number of amides is 2. The first-order valence-corrected chi connectivity index (χ1v) is 10.6. The minimum atomic E-state index is -0.523. The van der Waals surface area contributed by atoms with Gasteiger partial charge >= 0.3 is 0 Å². The number of carbonyl (C=O) groups is 2. The van der Waals surface area contributed by atoms with Gasteiger partial charge in [0.05, 0.1) is 11.7 Å². The van der Waals surface area contributed by atoms with Crippen molar-refractivity contribution in [3.8, 4) is 0 Å². The highest BCUT2D eigenvalue weighted by Crippen LogP contribution is 2.25. The Labute approximate surface area is 168 Å². The monoisotopic (exact) mass is 404 g/mol. The molecule has 0 spiro atoms. The largest absolute Gasteiger partial charge is 0.344 e. The Bertz CT molecular complexity index is 941. The SMILES string of the molecule is Cc1sc2ncn(CCC(=O)N[C@H](C(=O)N3CCCC3)C(C)C)c(=O)c2c1C. The lowest BCUT2D eigenvalue weighted by Gasteiger charge is -2.26. The van der Waals surface area contributed by atoms with Gasteiger partial charge in [0.25, 0.3) is 5.56 Å². The first-order valence-electron chi connectivity index (χ1n) is 9.83. The molecule has 7 nitrogen and oxygen atoms in total. The third-order valence-corrected chi connectivity index (χ3v) is 6.52. The average molecular weight is 405 g/mol. The molecule has 0 saturated carbocycles. The van der Waals surface area contributed by atoms with Gasteiger partial charge in [-0.05, 0) is 38.2 Å². The molecule has 2 amide bonds. The number of hydrogen-bond acceptors (Lipinski definition) is 5. The Morgan fingerprint density at radius 2 is 1.93 bits per heavy atom. The topological polar surface area (TPSA) is 84.3 Å². The number of nitrogens with one attached hydrogen (secondary N) is 1. The van der Waals surface area contributed by atoms with E-state index in [-0.39, 0.29) is 36.3 Å². The Morgan fingerprint density at radius 1 is 1.25 bits per heavy atom. The summed E-state index contributed by atoms with van der Waals surface area (Å²) in [7, 11) is 0. The highest BCUT2D eigenvalue weighted by atomic mass is 32.1. The maximum atomic E-state index is 12.7. The Morgan fingerprint density at radius 3 is 2.57 bits per heavy atom. The molecule has 3 rings (SSSR count). The van der Waals surface area contributed by atoms with Crippen LogP contribution in [0, 0.1) is 19.8 Å². The fourth-order valence-corrected chi connectivity index (χ4v) is 4.53. The molecule has 1 saturated heterocycles. The van der Waals surface area contributed by atoms with Crippen molar-refractivity contribution in [1.82, 2.24) is 19.8 Å². The van der Waals surface area contributed by atoms with E-state index in [1.54, 1.807) is 0 Å². The summed E-state index contributed by atoms with van der Waals surface area (Å²) < 4.78 is 1.48. The first kappa shape index (κ1) is 20.5. The van der Waals surface area contributed by atoms with Crippen LogP contribution in [-0.2, 0) is 16.1 Å². The molecule has 0 radical (unpaired) electrons. The summed E-state index contributed by atoms with van der Waals surface area (Å²) >= 11 is 1.51. The minimum absolute atomic E-state index is 0.00854. The summed E-state index contributed by atoms with van der Waals surface area (Å²) in [6, 6.07) is -0.523. The van der Waals surface area contributed by atoms with Crippen molar-refractivity contribution < 1.29 is 9.59 Å². The molecule has 1 atom stereocenters. The van der Waals surface area contributed by atoms with Crippen molar-refractivity contribution >= 4 is 33.4 Å². The van der Waals surface area contributed by atoms with Crippen molar-refractivity contribution in [2.75, 3.05) is 13.1 Å². The van der Waals surface area contributed by atoms with Crippen LogP contribution in [0.4, 0.5) is 0 Å². The van der Waals surface area contributed by atoms with Crippen LogP contribution < -0.4 is 10.9 Å². The number of aryl methyl sites for hydroxylation is 3. The van der Waals surface area contributed by atoms with Crippen LogP contribution in [0.25, 0.3) is 10.2 Å². The Hall–Kier alpha value is -2.22. The molecule has 2 aromatic heterocycles. The van der Waals surface area contributed by atoms with Crippen molar-refractivity contribution in [3.63, 3.8) is 0 Å². The quantitative estimate of drug-likeness (QED) is 0.800. The van der Waals surface area contributed by atoms with Crippen LogP contribution in [0.15, 0.2) is 11.1 Å². The fraction of sp³-hybridized carbons (Fsp3) is 0.600. The normalized spacial score (nSPS) is 15.4. The van der Waals surface area contributed by atoms with Gasteiger partial charge < -0.3 is 10.2 Å². The molecule has 152 valence electrons. The summed E-state index contributed by atoms with van der Waals surface area (Å²) in [5.41, 5.74) is 0.834. The zero-order valence-corrected chi connectivity index (χ0v) is 17.8. The molecule has 0 aliphatic carbocycles. The van der Waals surface area contributed by atoms with E-state index in [1.165, 1.54) is 22.2 Å². The molecular weight excluding hydrogens is 376 g/mol. The van der Waals surface area contributed by atoms with Gasteiger partial charge in [-0.15, -0.1) is 11.3 Å². The molecule has 0 bridgehead atoms. The van der Waals surface area contributed by atoms with Gasteiger partial charge in [-0.25, -0.2) is 4.98 Å². The lowest BCUT2D eigenvalue weighted by molar-refractivity contribution is -0.136. The van der Waals surface area contributed by atoms with E-state index in [9.17, 15) is 14.4 Å². The van der Waals surface area contributed by atoms with Crippen molar-refractivity contribution in [3.05, 3.63) is 27.1 Å². The number of carbonyl (C=O) groups excluding carboxylic acids is 2. The number of likely N-dealkylation sites (tertiary alicyclic amines) is 1. The van der Waals surface area contributed by atoms with E-state index in [0.717, 1.165) is 41.2 Å². The maximum absolute atomic E-state index is 12.7. The summed E-state index contributed by atoms with van der Waals surface area (Å²) in [5, 5.41) is 3.51. The third-order valence-electron chi connectivity index (χ3n) is 5.40. The van der Waals surface area contributed by atoms with E-state index >= 15 is 0 Å². The van der Waals surface area contributed by atoms with Gasteiger partial charge in [0, 0.05) is 30.9 Å². The number of hydrogen-bond donors (Lipinski definition) is 1. The van der Waals surface area contributed by atoms with Crippen LogP contribution in [0.5, 0.6) is 0 Å². The van der Waals surface area contributed by atoms with Gasteiger partial charge in [-0.3, -0.25) is 19.0 Å². The highest BCUT2D eigenvalue weighted by molar-refractivity contribution is 7.18. The number of rotatable bonds is 6. The smallest absolute Gasteiger partial charge is 0.262 e. The van der Waals surface area contributed by atoms with Gasteiger partial charge in [0.15, 0.2) is 0 Å². The number of nitrogens with zero attached hydrogens (tertiary/aromatic N) is 3. The van der Waals surface area contributed by atoms with Crippen molar-refractivity contribution in [2.24, 2.45) is 5.92 Å². The molecule has 2 aromatic rings. The summed E-state index contributed by atoms with van der Waals surface area (Å²) in [4.78, 5) is 45.9. The van der Waals surface area contributed by atoms with Gasteiger partial charge in [-0.2, -0.15) is 0 Å². The molecule has 1 aliphatic rings. The van der Waals surface area contributed by atoms with Crippen LogP contribution in [0.3, 0.4) is 0 Å². The zero-order chi connectivity index (χ0) is 20.4. The molecule has 1 fully saturated rings. The molecule has 3 heterocycles. The molecule has 28 heavy (non-hydrogen) atoms.